The highest BCUT2D eigenvalue weighted by atomic mass is 35.5. The van der Waals surface area contributed by atoms with Gasteiger partial charge < -0.3 is 5.32 Å². The molecule has 0 radical (unpaired) electrons. The molecule has 0 bridgehead atoms. The fourth-order valence-electron chi connectivity index (χ4n) is 3.28. The molecule has 1 N–H and O–H groups in total. The van der Waals surface area contributed by atoms with E-state index in [1.165, 1.54) is 5.56 Å². The van der Waals surface area contributed by atoms with Crippen LogP contribution in [0.3, 0.4) is 0 Å². The van der Waals surface area contributed by atoms with Crippen LogP contribution in [0.1, 0.15) is 34.5 Å². The summed E-state index contributed by atoms with van der Waals surface area (Å²) < 4.78 is 0. The molecule has 24 heavy (non-hydrogen) atoms. The average molecular weight is 337 g/mol. The van der Waals surface area contributed by atoms with Crippen LogP contribution < -0.4 is 5.32 Å². The lowest BCUT2D eigenvalue weighted by molar-refractivity contribution is 0.0972. The third-order valence-electron chi connectivity index (χ3n) is 4.43. The largest absolute Gasteiger partial charge is 0.380 e. The van der Waals surface area contributed by atoms with Crippen LogP contribution in [0, 0.1) is 0 Å². The second-order valence-electron chi connectivity index (χ2n) is 6.09. The Kier molecular flexibility index (Phi) is 3.95. The molecule has 0 saturated heterocycles. The lowest BCUT2D eigenvalue weighted by atomic mass is 9.91. The summed E-state index contributed by atoms with van der Waals surface area (Å²) in [7, 11) is 0. The van der Waals surface area contributed by atoms with Crippen molar-refractivity contribution in [3.63, 3.8) is 0 Å². The molecule has 0 fully saturated rings. The highest BCUT2D eigenvalue weighted by molar-refractivity contribution is 6.31. The molecule has 1 heterocycles. The summed E-state index contributed by atoms with van der Waals surface area (Å²) in [5, 5.41) is 5.08. The highest BCUT2D eigenvalue weighted by Gasteiger charge is 2.24. The molecule has 1 aromatic heterocycles. The van der Waals surface area contributed by atoms with E-state index in [4.69, 9.17) is 16.6 Å². The molecule has 0 amide bonds. The van der Waals surface area contributed by atoms with Gasteiger partial charge in [-0.1, -0.05) is 41.9 Å². The summed E-state index contributed by atoms with van der Waals surface area (Å²) in [6, 6.07) is 15.8. The van der Waals surface area contributed by atoms with Crippen molar-refractivity contribution in [2.75, 3.05) is 5.32 Å². The van der Waals surface area contributed by atoms with Gasteiger partial charge in [0, 0.05) is 23.4 Å². The summed E-state index contributed by atoms with van der Waals surface area (Å²) >= 11 is 6.13. The van der Waals surface area contributed by atoms with Crippen molar-refractivity contribution < 1.29 is 4.79 Å². The molecule has 4 rings (SSSR count). The van der Waals surface area contributed by atoms with Gasteiger partial charge >= 0.3 is 0 Å². The Morgan fingerprint density at radius 3 is 2.75 bits per heavy atom. The number of aryl methyl sites for hydroxylation is 1. The molecule has 1 aliphatic rings. The number of benzene rings is 2. The van der Waals surface area contributed by atoms with Gasteiger partial charge in [0.05, 0.1) is 22.5 Å². The maximum atomic E-state index is 12.5. The van der Waals surface area contributed by atoms with Crippen LogP contribution in [0.4, 0.5) is 5.69 Å². The number of rotatable bonds is 3. The van der Waals surface area contributed by atoms with Crippen LogP contribution in [0.15, 0.2) is 48.5 Å². The molecule has 0 atom stereocenters. The molecule has 4 heteroatoms. The normalized spacial score (nSPS) is 13.8. The van der Waals surface area contributed by atoms with Gasteiger partial charge in [-0.2, -0.15) is 0 Å². The van der Waals surface area contributed by atoms with E-state index in [-0.39, 0.29) is 5.78 Å². The molecule has 0 spiro atoms. The number of aromatic nitrogens is 1. The van der Waals surface area contributed by atoms with Crippen molar-refractivity contribution in [3.05, 3.63) is 70.4 Å². The summed E-state index contributed by atoms with van der Waals surface area (Å²) in [5.74, 6) is 0.177. The molecule has 120 valence electrons. The number of anilines is 1. The van der Waals surface area contributed by atoms with Crippen LogP contribution in [-0.4, -0.2) is 10.8 Å². The van der Waals surface area contributed by atoms with Gasteiger partial charge in [-0.05, 0) is 36.6 Å². The van der Waals surface area contributed by atoms with E-state index in [9.17, 15) is 4.79 Å². The number of halogens is 1. The molecule has 3 nitrogen and oxygen atoms in total. The molecular weight excluding hydrogens is 320 g/mol. The number of hydrogen-bond donors (Lipinski definition) is 1. The first kappa shape index (κ1) is 15.2. The monoisotopic (exact) mass is 336 g/mol. The first-order valence-electron chi connectivity index (χ1n) is 8.15. The Labute approximate surface area is 145 Å². The zero-order valence-corrected chi connectivity index (χ0v) is 13.9. The molecule has 3 aromatic rings. The molecular formula is C20H17ClN2O. The van der Waals surface area contributed by atoms with Crippen molar-refractivity contribution in [2.24, 2.45) is 0 Å². The summed E-state index contributed by atoms with van der Waals surface area (Å²) in [4.78, 5) is 17.2. The summed E-state index contributed by atoms with van der Waals surface area (Å²) in [6.45, 7) is 0.669. The van der Waals surface area contributed by atoms with Crippen LogP contribution in [0.5, 0.6) is 0 Å². The van der Waals surface area contributed by atoms with Crippen molar-refractivity contribution in [1.29, 1.82) is 0 Å². The molecule has 2 aromatic carbocycles. The van der Waals surface area contributed by atoms with Gasteiger partial charge in [0.2, 0.25) is 0 Å². The van der Waals surface area contributed by atoms with Crippen molar-refractivity contribution in [3.8, 4) is 0 Å². The van der Waals surface area contributed by atoms with E-state index in [0.717, 1.165) is 40.7 Å². The Morgan fingerprint density at radius 1 is 1.08 bits per heavy atom. The van der Waals surface area contributed by atoms with E-state index in [1.54, 1.807) is 0 Å². The minimum absolute atomic E-state index is 0.177. The van der Waals surface area contributed by atoms with E-state index in [0.29, 0.717) is 18.0 Å². The van der Waals surface area contributed by atoms with Crippen LogP contribution in [-0.2, 0) is 13.0 Å². The number of pyridine rings is 1. The van der Waals surface area contributed by atoms with Gasteiger partial charge in [-0.15, -0.1) is 0 Å². The number of ketones is 1. The predicted molar refractivity (Wildman–Crippen MR) is 97.8 cm³/mol. The van der Waals surface area contributed by atoms with E-state index >= 15 is 0 Å². The lowest BCUT2D eigenvalue weighted by Crippen LogP contribution is -2.16. The Hall–Kier alpha value is -2.39. The van der Waals surface area contributed by atoms with Gasteiger partial charge in [-0.3, -0.25) is 9.78 Å². The minimum atomic E-state index is 0.177. The number of carbonyl (C=O) groups excluding carboxylic acids is 1. The standard InChI is InChI=1S/C20H17ClN2O/c21-14-9-10-15-17(11-14)23-16-7-4-8-18(24)19(16)20(15)22-12-13-5-2-1-3-6-13/h1-3,5-6,9-11H,4,7-8,12H2,(H,22,23). The van der Waals surface area contributed by atoms with Crippen LogP contribution in [0.25, 0.3) is 10.9 Å². The predicted octanol–water partition coefficient (Wildman–Crippen LogP) is 5.02. The van der Waals surface area contributed by atoms with Crippen LogP contribution >= 0.6 is 11.6 Å². The quantitative estimate of drug-likeness (QED) is 0.730. The third-order valence-corrected chi connectivity index (χ3v) is 4.67. The number of carbonyl (C=O) groups is 1. The Morgan fingerprint density at radius 2 is 1.92 bits per heavy atom. The van der Waals surface area contributed by atoms with E-state index in [2.05, 4.69) is 17.4 Å². The second-order valence-corrected chi connectivity index (χ2v) is 6.52. The fraction of sp³-hybridized carbons (Fsp3) is 0.200. The SMILES string of the molecule is O=C1CCCc2nc3cc(Cl)ccc3c(NCc3ccccc3)c21. The lowest BCUT2D eigenvalue weighted by Gasteiger charge is -2.21. The van der Waals surface area contributed by atoms with Gasteiger partial charge in [0.1, 0.15) is 0 Å². The molecule has 0 saturated carbocycles. The maximum Gasteiger partial charge on any atom is 0.166 e. The number of nitrogens with one attached hydrogen (secondary N) is 1. The number of Topliss-reactive ketones (excluding diaryl/α,β-unsaturated/α-hetero) is 1. The summed E-state index contributed by atoms with van der Waals surface area (Å²) in [6.07, 6.45) is 2.29. The Bertz CT molecular complexity index is 922. The van der Waals surface area contributed by atoms with E-state index < -0.39 is 0 Å². The van der Waals surface area contributed by atoms with Crippen molar-refractivity contribution in [1.82, 2.24) is 4.98 Å². The van der Waals surface area contributed by atoms with E-state index in [1.807, 2.05) is 36.4 Å². The smallest absolute Gasteiger partial charge is 0.166 e. The zero-order valence-electron chi connectivity index (χ0n) is 13.2. The second kappa shape index (κ2) is 6.25. The van der Waals surface area contributed by atoms with Gasteiger partial charge in [0.25, 0.3) is 0 Å². The average Bonchev–Trinajstić information content (AvgIpc) is 2.59. The molecule has 0 unspecified atom stereocenters. The molecule has 1 aliphatic carbocycles. The number of fused-ring (bicyclic) bond motifs is 2. The zero-order chi connectivity index (χ0) is 16.5. The Balaban J connectivity index is 1.84. The van der Waals surface area contributed by atoms with Crippen LogP contribution in [0.2, 0.25) is 5.02 Å². The number of nitrogens with zero attached hydrogens (tertiary/aromatic N) is 1. The fourth-order valence-corrected chi connectivity index (χ4v) is 3.45. The first-order chi connectivity index (χ1) is 11.7. The van der Waals surface area contributed by atoms with Crippen molar-refractivity contribution in [2.45, 2.75) is 25.8 Å². The highest BCUT2D eigenvalue weighted by Crippen LogP contribution is 2.34. The first-order valence-corrected chi connectivity index (χ1v) is 8.53. The van der Waals surface area contributed by atoms with Crippen molar-refractivity contribution >= 4 is 34.0 Å². The van der Waals surface area contributed by atoms with Gasteiger partial charge in [-0.25, -0.2) is 0 Å². The van der Waals surface area contributed by atoms with Gasteiger partial charge in [0.15, 0.2) is 5.78 Å². The topological polar surface area (TPSA) is 42.0 Å². The molecule has 0 aliphatic heterocycles. The maximum absolute atomic E-state index is 12.5. The number of hydrogen-bond acceptors (Lipinski definition) is 3. The third kappa shape index (κ3) is 2.76. The minimum Gasteiger partial charge on any atom is -0.380 e. The summed E-state index contributed by atoms with van der Waals surface area (Å²) in [5.41, 5.74) is 4.55.